The van der Waals surface area contributed by atoms with Crippen molar-refractivity contribution >= 4 is 11.9 Å². The molecule has 0 radical (unpaired) electrons. The number of carboxylic acid groups (broad SMARTS) is 1. The van der Waals surface area contributed by atoms with Crippen LogP contribution >= 0.6 is 0 Å². The highest BCUT2D eigenvalue weighted by molar-refractivity contribution is 5.76. The summed E-state index contributed by atoms with van der Waals surface area (Å²) in [4.78, 5) is 21.1. The second-order valence-electron chi connectivity index (χ2n) is 2.89. The number of methoxy groups -OCH3 is 2. The number of carbonyl (C=O) groups excluding carboxylic acids is 1. The number of carbonyl (C=O) groups is 2. The molecule has 0 bridgehead atoms. The highest BCUT2D eigenvalue weighted by Crippen LogP contribution is 1.97. The van der Waals surface area contributed by atoms with Crippen molar-refractivity contribution in [1.82, 2.24) is 0 Å². The van der Waals surface area contributed by atoms with Gasteiger partial charge in [-0.15, -0.1) is 0 Å². The van der Waals surface area contributed by atoms with Crippen LogP contribution in [0.3, 0.4) is 0 Å². The Morgan fingerprint density at radius 3 is 2.33 bits per heavy atom. The van der Waals surface area contributed by atoms with Gasteiger partial charge in [0.1, 0.15) is 12.7 Å². The highest BCUT2D eigenvalue weighted by atomic mass is 16.6. The minimum absolute atomic E-state index is 0.0722. The molecule has 0 aliphatic heterocycles. The predicted molar refractivity (Wildman–Crippen MR) is 50.5 cm³/mol. The Morgan fingerprint density at radius 1 is 1.20 bits per heavy atom. The summed E-state index contributed by atoms with van der Waals surface area (Å²) < 4.78 is 14.6. The molecule has 88 valence electrons. The predicted octanol–water partition coefficient (Wildman–Crippen LogP) is 0.0558. The molecule has 0 amide bonds. The van der Waals surface area contributed by atoms with Gasteiger partial charge in [0, 0.05) is 14.2 Å². The van der Waals surface area contributed by atoms with Gasteiger partial charge in [-0.3, -0.25) is 9.59 Å². The zero-order chi connectivity index (χ0) is 11.7. The summed E-state index contributed by atoms with van der Waals surface area (Å²) in [6, 6.07) is 0. The number of hydrogen-bond donors (Lipinski definition) is 1. The van der Waals surface area contributed by atoms with Gasteiger partial charge < -0.3 is 19.3 Å². The lowest BCUT2D eigenvalue weighted by Gasteiger charge is -2.13. The van der Waals surface area contributed by atoms with Crippen LogP contribution in [0, 0.1) is 0 Å². The van der Waals surface area contributed by atoms with E-state index in [0.29, 0.717) is 6.61 Å². The molecule has 0 aromatic heterocycles. The summed E-state index contributed by atoms with van der Waals surface area (Å²) in [6.07, 6.45) is -0.664. The fourth-order valence-electron chi connectivity index (χ4n) is 0.837. The van der Waals surface area contributed by atoms with Crippen LogP contribution in [0.2, 0.25) is 0 Å². The fourth-order valence-corrected chi connectivity index (χ4v) is 0.837. The summed E-state index contributed by atoms with van der Waals surface area (Å²) in [6.45, 7) is 0.394. The first-order valence-corrected chi connectivity index (χ1v) is 4.49. The lowest BCUT2D eigenvalue weighted by atomic mass is 10.3. The van der Waals surface area contributed by atoms with Gasteiger partial charge in [-0.2, -0.15) is 0 Å². The molecule has 0 saturated carbocycles. The van der Waals surface area contributed by atoms with E-state index in [4.69, 9.17) is 19.3 Å². The minimum atomic E-state index is -1.02. The molecule has 0 aliphatic rings. The molecule has 0 aromatic rings. The first-order chi connectivity index (χ1) is 7.10. The lowest BCUT2D eigenvalue weighted by molar-refractivity contribution is -0.151. The first kappa shape index (κ1) is 13.9. The zero-order valence-electron chi connectivity index (χ0n) is 8.89. The Balaban J connectivity index is 3.63. The van der Waals surface area contributed by atoms with E-state index in [0.717, 1.165) is 0 Å². The van der Waals surface area contributed by atoms with E-state index in [2.05, 4.69) is 0 Å². The highest BCUT2D eigenvalue weighted by Gasteiger charge is 2.11. The maximum atomic E-state index is 11.0. The monoisotopic (exact) mass is 220 g/mol. The van der Waals surface area contributed by atoms with Crippen molar-refractivity contribution in [1.29, 1.82) is 0 Å². The van der Waals surface area contributed by atoms with Crippen molar-refractivity contribution in [2.24, 2.45) is 0 Å². The van der Waals surface area contributed by atoms with Crippen molar-refractivity contribution in [2.75, 3.05) is 27.4 Å². The van der Waals surface area contributed by atoms with Gasteiger partial charge in [0.05, 0.1) is 19.4 Å². The van der Waals surface area contributed by atoms with Crippen LogP contribution < -0.4 is 0 Å². The van der Waals surface area contributed by atoms with Gasteiger partial charge in [-0.1, -0.05) is 0 Å². The van der Waals surface area contributed by atoms with Gasteiger partial charge in [0.2, 0.25) is 0 Å². The van der Waals surface area contributed by atoms with E-state index in [1.807, 2.05) is 0 Å². The largest absolute Gasteiger partial charge is 0.481 e. The SMILES string of the molecule is COC[C@@H](COC(=O)CCC(=O)O)OC. The van der Waals surface area contributed by atoms with Gasteiger partial charge in [0.25, 0.3) is 0 Å². The minimum Gasteiger partial charge on any atom is -0.481 e. The number of carboxylic acids is 1. The number of ether oxygens (including phenoxy) is 3. The van der Waals surface area contributed by atoms with Crippen LogP contribution in [0.25, 0.3) is 0 Å². The molecular formula is C9H16O6. The van der Waals surface area contributed by atoms with Gasteiger partial charge in [-0.05, 0) is 0 Å². The first-order valence-electron chi connectivity index (χ1n) is 4.49. The van der Waals surface area contributed by atoms with E-state index in [-0.39, 0.29) is 25.6 Å². The molecule has 0 fully saturated rings. The van der Waals surface area contributed by atoms with E-state index in [9.17, 15) is 9.59 Å². The number of esters is 1. The molecule has 0 heterocycles. The van der Waals surface area contributed by atoms with Gasteiger partial charge >= 0.3 is 11.9 Å². The third-order valence-corrected chi connectivity index (χ3v) is 1.66. The van der Waals surface area contributed by atoms with Crippen molar-refractivity contribution in [3.63, 3.8) is 0 Å². The molecule has 0 saturated heterocycles. The third kappa shape index (κ3) is 7.90. The van der Waals surface area contributed by atoms with Crippen LogP contribution in [0.15, 0.2) is 0 Å². The van der Waals surface area contributed by atoms with E-state index >= 15 is 0 Å². The lowest BCUT2D eigenvalue weighted by Crippen LogP contribution is -2.25. The van der Waals surface area contributed by atoms with Crippen molar-refractivity contribution in [3.05, 3.63) is 0 Å². The normalized spacial score (nSPS) is 12.1. The van der Waals surface area contributed by atoms with E-state index in [1.54, 1.807) is 0 Å². The van der Waals surface area contributed by atoms with Crippen molar-refractivity contribution in [3.8, 4) is 0 Å². The molecule has 0 unspecified atom stereocenters. The maximum Gasteiger partial charge on any atom is 0.306 e. The molecule has 1 N–H and O–H groups in total. The topological polar surface area (TPSA) is 82.1 Å². The Hall–Kier alpha value is -1.14. The summed E-state index contributed by atoms with van der Waals surface area (Å²) in [5.41, 5.74) is 0. The molecule has 6 nitrogen and oxygen atoms in total. The summed E-state index contributed by atoms with van der Waals surface area (Å²) >= 11 is 0. The van der Waals surface area contributed by atoms with Gasteiger partial charge in [0.15, 0.2) is 0 Å². The summed E-state index contributed by atoms with van der Waals surface area (Å²) in [7, 11) is 2.99. The van der Waals surface area contributed by atoms with Crippen LogP contribution in [-0.2, 0) is 23.8 Å². The van der Waals surface area contributed by atoms with Crippen LogP contribution in [0.5, 0.6) is 0 Å². The number of hydrogen-bond acceptors (Lipinski definition) is 5. The standard InChI is InChI=1S/C9H16O6/c1-13-5-7(14-2)6-15-9(12)4-3-8(10)11/h7H,3-6H2,1-2H3,(H,10,11)/t7-/m0/s1. The van der Waals surface area contributed by atoms with Crippen molar-refractivity contribution in [2.45, 2.75) is 18.9 Å². The molecular weight excluding hydrogens is 204 g/mol. The number of aliphatic carboxylic acids is 1. The van der Waals surface area contributed by atoms with Crippen LogP contribution in [0.1, 0.15) is 12.8 Å². The molecule has 0 aromatic carbocycles. The second kappa shape index (κ2) is 8.19. The third-order valence-electron chi connectivity index (χ3n) is 1.66. The van der Waals surface area contributed by atoms with Gasteiger partial charge in [-0.25, -0.2) is 0 Å². The Morgan fingerprint density at radius 2 is 1.87 bits per heavy atom. The van der Waals surface area contributed by atoms with Crippen LogP contribution in [0.4, 0.5) is 0 Å². The summed E-state index contributed by atoms with van der Waals surface area (Å²) in [5.74, 6) is -1.57. The molecule has 1 atom stereocenters. The second-order valence-corrected chi connectivity index (χ2v) is 2.89. The fraction of sp³-hybridized carbons (Fsp3) is 0.778. The molecule has 0 rings (SSSR count). The Bertz CT molecular complexity index is 203. The molecule has 6 heteroatoms. The smallest absolute Gasteiger partial charge is 0.306 e. The molecule has 15 heavy (non-hydrogen) atoms. The maximum absolute atomic E-state index is 11.0. The molecule has 0 aliphatic carbocycles. The average Bonchev–Trinajstić information content (AvgIpc) is 2.21. The summed E-state index contributed by atoms with van der Waals surface area (Å²) in [5, 5.41) is 8.32. The van der Waals surface area contributed by atoms with E-state index < -0.39 is 11.9 Å². The van der Waals surface area contributed by atoms with Crippen molar-refractivity contribution < 1.29 is 28.9 Å². The Kier molecular flexibility index (Phi) is 7.57. The molecule has 0 spiro atoms. The zero-order valence-corrected chi connectivity index (χ0v) is 8.89. The Labute approximate surface area is 88.1 Å². The quantitative estimate of drug-likeness (QED) is 0.582. The van der Waals surface area contributed by atoms with E-state index in [1.165, 1.54) is 14.2 Å². The van der Waals surface area contributed by atoms with Crippen LogP contribution in [-0.4, -0.2) is 50.6 Å². The average molecular weight is 220 g/mol. The number of rotatable bonds is 8.